The van der Waals surface area contributed by atoms with Gasteiger partial charge in [0.15, 0.2) is 0 Å². The van der Waals surface area contributed by atoms with Crippen LogP contribution in [0.5, 0.6) is 0 Å². The van der Waals surface area contributed by atoms with Gasteiger partial charge in [-0.1, -0.05) is 73.6 Å². The molecule has 3 aromatic rings. The van der Waals surface area contributed by atoms with E-state index in [-0.39, 0.29) is 49.1 Å². The average molecular weight is 707 g/mol. The summed E-state index contributed by atoms with van der Waals surface area (Å²) >= 11 is 0. The number of nitrogens with zero attached hydrogens (tertiary/aromatic N) is 1. The van der Waals surface area contributed by atoms with Gasteiger partial charge in [0.1, 0.15) is 0 Å². The smallest absolute Gasteiger partial charge is 0.0651 e. The number of pyridine rings is 1. The van der Waals surface area contributed by atoms with Crippen molar-refractivity contribution in [2.75, 3.05) is 0 Å². The molecule has 0 amide bonds. The van der Waals surface area contributed by atoms with Gasteiger partial charge in [-0.3, -0.25) is 0 Å². The van der Waals surface area contributed by atoms with Gasteiger partial charge in [-0.15, -0.1) is 34.9 Å². The molecular weight excluding hydrogens is 659 g/mol. The predicted molar refractivity (Wildman–Crippen MR) is 159 cm³/mol. The Hall–Kier alpha value is -1.58. The predicted octanol–water partition coefficient (Wildman–Crippen LogP) is 8.41. The van der Waals surface area contributed by atoms with Crippen molar-refractivity contribution in [2.24, 2.45) is 22.7 Å². The summed E-state index contributed by atoms with van der Waals surface area (Å²) in [7, 11) is 0. The first-order valence-electron chi connectivity index (χ1n) is 14.7. The Balaban J connectivity index is 0.000000215. The first kappa shape index (κ1) is 31.9. The largest absolute Gasteiger partial charge is 0.392 e. The van der Waals surface area contributed by atoms with Crippen LogP contribution >= 0.6 is 0 Å². The van der Waals surface area contributed by atoms with Crippen molar-refractivity contribution in [2.45, 2.75) is 106 Å². The van der Waals surface area contributed by atoms with Crippen LogP contribution in [-0.4, -0.2) is 27.4 Å². The molecular formula is C35H48IrNO2-. The minimum absolute atomic E-state index is 0. The van der Waals surface area contributed by atoms with Gasteiger partial charge >= 0.3 is 0 Å². The maximum Gasteiger partial charge on any atom is 0.0651 e. The fourth-order valence-corrected chi connectivity index (χ4v) is 7.37. The van der Waals surface area contributed by atoms with Crippen LogP contribution in [0.3, 0.4) is 0 Å². The van der Waals surface area contributed by atoms with Gasteiger partial charge in [-0.25, -0.2) is 0 Å². The first-order valence-corrected chi connectivity index (χ1v) is 14.7. The third kappa shape index (κ3) is 6.05. The van der Waals surface area contributed by atoms with Crippen LogP contribution in [0, 0.1) is 42.6 Å². The van der Waals surface area contributed by atoms with Crippen molar-refractivity contribution in [3.05, 3.63) is 65.4 Å². The Morgan fingerprint density at radius 1 is 0.949 bits per heavy atom. The minimum Gasteiger partial charge on any atom is -0.392 e. The van der Waals surface area contributed by atoms with Crippen LogP contribution in [0.4, 0.5) is 0 Å². The van der Waals surface area contributed by atoms with Crippen molar-refractivity contribution in [1.29, 1.82) is 0 Å². The van der Waals surface area contributed by atoms with E-state index in [2.05, 4.69) is 103 Å². The SMILES string of the molecule is CCC1(CC)CC2C[C@@](C)(CC)C(O)C2C1O.Cc1[c-]c(-c2nccc3cc(C(C)C)ccc23)cc(C)c1.[Ir]. The standard InChI is InChI=1S/C20H20N.C15H28O2.Ir/c1-13(2)16-5-6-19-17(12-16)7-8-21-20(19)18-10-14(3)9-15(4)11-18;1-5-14(4)8-10-9-15(6-2,7-3)13(17)11(10)12(14)16;/h5-10,12-13H,1-4H3;10-13,16-17H,5-9H2,1-4H3;/q-1;;/t;10?,11?,12?,13?,14-;/m.1./s1. The minimum atomic E-state index is -0.313. The van der Waals surface area contributed by atoms with Gasteiger partial charge in [-0.05, 0) is 82.9 Å². The summed E-state index contributed by atoms with van der Waals surface area (Å²) < 4.78 is 0. The average Bonchev–Trinajstić information content (AvgIpc) is 3.31. The number of benzene rings is 2. The summed E-state index contributed by atoms with van der Waals surface area (Å²) in [5.74, 6) is 1.20. The quantitative estimate of drug-likeness (QED) is 0.262. The third-order valence-electron chi connectivity index (χ3n) is 10.1. The molecule has 2 saturated carbocycles. The molecule has 4 heteroatoms. The molecule has 1 heterocycles. The van der Waals surface area contributed by atoms with Gasteiger partial charge in [0.2, 0.25) is 0 Å². The van der Waals surface area contributed by atoms with Crippen LogP contribution in [0.15, 0.2) is 42.6 Å². The van der Waals surface area contributed by atoms with E-state index in [1.165, 1.54) is 21.9 Å². The normalized spacial score (nSPS) is 27.2. The third-order valence-corrected chi connectivity index (χ3v) is 10.1. The number of aryl methyl sites for hydroxylation is 2. The number of hydrogen-bond acceptors (Lipinski definition) is 3. The second kappa shape index (κ2) is 12.5. The Morgan fingerprint density at radius 3 is 2.21 bits per heavy atom. The maximum atomic E-state index is 10.6. The molecule has 5 atom stereocenters. The van der Waals surface area contributed by atoms with Gasteiger partial charge < -0.3 is 15.2 Å². The van der Waals surface area contributed by atoms with Crippen molar-refractivity contribution in [3.8, 4) is 11.3 Å². The molecule has 3 nitrogen and oxygen atoms in total. The zero-order chi connectivity index (χ0) is 27.8. The molecule has 0 saturated heterocycles. The number of fused-ring (bicyclic) bond motifs is 2. The van der Waals surface area contributed by atoms with Crippen LogP contribution in [-0.2, 0) is 20.1 Å². The van der Waals surface area contributed by atoms with Crippen LogP contribution in [0.1, 0.15) is 96.3 Å². The van der Waals surface area contributed by atoms with E-state index in [1.54, 1.807) is 0 Å². The van der Waals surface area contributed by atoms with Crippen molar-refractivity contribution >= 4 is 10.8 Å². The number of hydrogen-bond donors (Lipinski definition) is 2. The summed E-state index contributed by atoms with van der Waals surface area (Å²) in [5, 5.41) is 23.6. The molecule has 39 heavy (non-hydrogen) atoms. The Kier molecular flexibility index (Phi) is 10.3. The van der Waals surface area contributed by atoms with Crippen LogP contribution in [0.2, 0.25) is 0 Å². The first-order chi connectivity index (χ1) is 18.0. The molecule has 0 spiro atoms. The maximum absolute atomic E-state index is 10.6. The monoisotopic (exact) mass is 707 g/mol. The second-order valence-corrected chi connectivity index (χ2v) is 12.8. The van der Waals surface area contributed by atoms with Crippen LogP contribution in [0.25, 0.3) is 22.0 Å². The Labute approximate surface area is 250 Å². The molecule has 2 fully saturated rings. The van der Waals surface area contributed by atoms with E-state index in [0.717, 1.165) is 48.9 Å². The Bertz CT molecular complexity index is 1250. The molecule has 2 aliphatic carbocycles. The van der Waals surface area contributed by atoms with E-state index in [0.29, 0.717) is 11.8 Å². The molecule has 5 rings (SSSR count). The summed E-state index contributed by atoms with van der Waals surface area (Å²) in [5.41, 5.74) is 5.98. The zero-order valence-corrected chi connectivity index (χ0v) is 27.5. The fourth-order valence-electron chi connectivity index (χ4n) is 7.37. The molecule has 0 bridgehead atoms. The molecule has 2 N–H and O–H groups in total. The van der Waals surface area contributed by atoms with E-state index in [9.17, 15) is 10.2 Å². The van der Waals surface area contributed by atoms with Gasteiger partial charge in [0.25, 0.3) is 0 Å². The van der Waals surface area contributed by atoms with Gasteiger partial charge in [0.05, 0.1) is 12.2 Å². The van der Waals surface area contributed by atoms with Gasteiger partial charge in [-0.2, -0.15) is 0 Å². The van der Waals surface area contributed by atoms with E-state index < -0.39 is 0 Å². The van der Waals surface area contributed by atoms with Gasteiger partial charge in [0, 0.05) is 32.2 Å². The van der Waals surface area contributed by atoms with Crippen molar-refractivity contribution in [1.82, 2.24) is 4.98 Å². The van der Waals surface area contributed by atoms with Crippen LogP contribution < -0.4 is 0 Å². The molecule has 215 valence electrons. The van der Waals surface area contributed by atoms with Crippen molar-refractivity contribution < 1.29 is 30.3 Å². The second-order valence-electron chi connectivity index (χ2n) is 12.8. The molecule has 2 aliphatic rings. The summed E-state index contributed by atoms with van der Waals surface area (Å²) in [6.45, 7) is 17.3. The summed E-state index contributed by atoms with van der Waals surface area (Å²) in [6.07, 6.45) is 6.57. The van der Waals surface area contributed by atoms with E-state index >= 15 is 0 Å². The molecule has 4 unspecified atom stereocenters. The molecule has 2 aromatic carbocycles. The zero-order valence-electron chi connectivity index (χ0n) is 25.1. The van der Waals surface area contributed by atoms with E-state index in [1.807, 2.05) is 6.20 Å². The fraction of sp³-hybridized carbons (Fsp3) is 0.571. The summed E-state index contributed by atoms with van der Waals surface area (Å²) in [4.78, 5) is 4.60. The molecule has 1 radical (unpaired) electrons. The molecule has 0 aliphatic heterocycles. The Morgan fingerprint density at radius 2 is 1.64 bits per heavy atom. The number of aromatic nitrogens is 1. The number of aliphatic hydroxyl groups excluding tert-OH is 2. The van der Waals surface area contributed by atoms with Crippen molar-refractivity contribution in [3.63, 3.8) is 0 Å². The topological polar surface area (TPSA) is 53.4 Å². The summed E-state index contributed by atoms with van der Waals surface area (Å²) in [6, 6.07) is 16.5. The van der Waals surface area contributed by atoms with E-state index in [4.69, 9.17) is 0 Å². The number of rotatable bonds is 5. The molecule has 1 aromatic heterocycles. The number of aliphatic hydroxyl groups is 2.